The number of epoxide rings is 1. The molecule has 0 spiro atoms. The Bertz CT molecular complexity index is 1290. The molecular weight excluding hydrogens is 753 g/mol. The van der Waals surface area contributed by atoms with Crippen LogP contribution in [0.5, 0.6) is 0 Å². The highest BCUT2D eigenvalue weighted by atomic mass is 31.2. The molecule has 58 heavy (non-hydrogen) atoms. The predicted molar refractivity (Wildman–Crippen MR) is 237 cm³/mol. The van der Waals surface area contributed by atoms with E-state index < -0.39 is 32.5 Å². The lowest BCUT2D eigenvalue weighted by atomic mass is 10.1. The van der Waals surface area contributed by atoms with E-state index in [1.807, 2.05) is 12.2 Å². The zero-order chi connectivity index (χ0) is 42.2. The summed E-state index contributed by atoms with van der Waals surface area (Å²) in [5, 5.41) is 0. The number of esters is 2. The van der Waals surface area contributed by atoms with Crippen molar-refractivity contribution in [2.45, 2.75) is 173 Å². The number of phosphoric acid groups is 1. The number of hydrogen-bond acceptors (Lipinski definition) is 9. The maximum atomic E-state index is 12.6. The third-order valence-corrected chi connectivity index (χ3v) is 10.2. The normalized spacial score (nSPS) is 17.6. The number of phosphoric ester groups is 1. The molecule has 0 aliphatic carbocycles. The van der Waals surface area contributed by atoms with Crippen LogP contribution in [0.4, 0.5) is 0 Å². The zero-order valence-electron chi connectivity index (χ0n) is 35.9. The fourth-order valence-corrected chi connectivity index (χ4v) is 6.55. The minimum absolute atomic E-state index is 0.0362. The molecule has 11 heteroatoms. The van der Waals surface area contributed by atoms with E-state index in [1.54, 1.807) is 0 Å². The number of nitrogens with two attached hydrogens (primary N) is 1. The Hall–Kier alpha value is -2.85. The van der Waals surface area contributed by atoms with Gasteiger partial charge in [0.15, 0.2) is 6.10 Å². The van der Waals surface area contributed by atoms with E-state index in [1.165, 1.54) is 44.9 Å². The molecule has 0 amide bonds. The highest BCUT2D eigenvalue weighted by Gasteiger charge is 2.36. The molecule has 1 fully saturated rings. The highest BCUT2D eigenvalue weighted by molar-refractivity contribution is 7.47. The summed E-state index contributed by atoms with van der Waals surface area (Å²) in [7, 11) is -4.40. The van der Waals surface area contributed by atoms with E-state index in [9.17, 15) is 19.0 Å². The average molecular weight is 832 g/mol. The van der Waals surface area contributed by atoms with Crippen molar-refractivity contribution in [3.05, 3.63) is 85.1 Å². The number of rotatable bonds is 39. The summed E-state index contributed by atoms with van der Waals surface area (Å²) in [5.74, 6) is -0.947. The Labute approximate surface area is 351 Å². The van der Waals surface area contributed by atoms with Gasteiger partial charge in [-0.25, -0.2) is 4.57 Å². The van der Waals surface area contributed by atoms with Gasteiger partial charge in [0.2, 0.25) is 0 Å². The SMILES string of the molecule is CC/C=C\CC1OC1C/C=C\C/C=C\C/C=C\C/C=C\CCC(=O)OC[C@H](COP(=O)(O)OCCN)OC(=O)CCCCCCCCC/C=C\C/C=C\CCCCC. The second kappa shape index (κ2) is 38.4. The summed E-state index contributed by atoms with van der Waals surface area (Å²) in [6.45, 7) is 3.47. The standard InChI is InChI=1S/C47H78NO9P/c1-3-5-7-8-9-10-11-12-13-14-15-16-21-24-27-30-34-38-47(50)56-43(42-55-58(51,52)54-40-39-48)41-53-46(49)37-33-29-26-23-20-18-17-19-22-25-28-32-36-45-44(57-45)35-31-6-4-2/h6,9-10,12-13,18-20,22,26,28-29,31-32,43-45H,3-5,7-8,11,14-17,21,23-25,27,30,33-42,48H2,1-2H3,(H,51,52)/b10-9-,13-12-,20-18-,22-19-,29-26-,31-6-,32-28-/t43-,44?,45?/m1/s1. The third kappa shape index (κ3) is 35.1. The van der Waals surface area contributed by atoms with Gasteiger partial charge in [0, 0.05) is 19.4 Å². The van der Waals surface area contributed by atoms with Crippen LogP contribution in [0.1, 0.15) is 155 Å². The van der Waals surface area contributed by atoms with Gasteiger partial charge in [-0.2, -0.15) is 0 Å². The number of carbonyl (C=O) groups is 2. The Morgan fingerprint density at radius 1 is 0.621 bits per heavy atom. The van der Waals surface area contributed by atoms with Crippen molar-refractivity contribution in [2.24, 2.45) is 5.73 Å². The maximum absolute atomic E-state index is 12.6. The third-order valence-electron chi connectivity index (χ3n) is 9.18. The van der Waals surface area contributed by atoms with Crippen LogP contribution in [0.25, 0.3) is 0 Å². The van der Waals surface area contributed by atoms with E-state index >= 15 is 0 Å². The first kappa shape index (κ1) is 53.2. The molecule has 1 saturated heterocycles. The van der Waals surface area contributed by atoms with Crippen LogP contribution in [-0.2, 0) is 37.4 Å². The summed E-state index contributed by atoms with van der Waals surface area (Å²) in [5.41, 5.74) is 5.34. The molecule has 1 aliphatic rings. The first-order valence-electron chi connectivity index (χ1n) is 22.2. The number of ether oxygens (including phenoxy) is 3. The van der Waals surface area contributed by atoms with Crippen molar-refractivity contribution >= 4 is 19.8 Å². The Morgan fingerprint density at radius 2 is 1.14 bits per heavy atom. The topological polar surface area (TPSA) is 147 Å². The van der Waals surface area contributed by atoms with Crippen LogP contribution in [0.3, 0.4) is 0 Å². The van der Waals surface area contributed by atoms with E-state index in [2.05, 4.69) is 86.8 Å². The fourth-order valence-electron chi connectivity index (χ4n) is 5.79. The van der Waals surface area contributed by atoms with Crippen molar-refractivity contribution in [1.82, 2.24) is 0 Å². The van der Waals surface area contributed by atoms with Gasteiger partial charge in [0.05, 0.1) is 25.4 Å². The lowest BCUT2D eigenvalue weighted by molar-refractivity contribution is -0.161. The molecule has 0 aromatic heterocycles. The molecule has 0 aromatic rings. The Kier molecular flexibility index (Phi) is 35.2. The molecular formula is C47H78NO9P. The van der Waals surface area contributed by atoms with Crippen LogP contribution in [-0.4, -0.2) is 61.5 Å². The minimum Gasteiger partial charge on any atom is -0.462 e. The number of carbonyl (C=O) groups excluding carboxylic acids is 2. The molecule has 10 nitrogen and oxygen atoms in total. The minimum atomic E-state index is -4.40. The first-order valence-corrected chi connectivity index (χ1v) is 23.7. The molecule has 0 radical (unpaired) electrons. The van der Waals surface area contributed by atoms with E-state index in [4.69, 9.17) is 29.0 Å². The average Bonchev–Trinajstić information content (AvgIpc) is 3.97. The van der Waals surface area contributed by atoms with Gasteiger partial charge in [-0.3, -0.25) is 18.6 Å². The van der Waals surface area contributed by atoms with Crippen molar-refractivity contribution in [3.63, 3.8) is 0 Å². The summed E-state index contributed by atoms with van der Waals surface area (Å²) in [6, 6.07) is 0. The second-order valence-corrected chi connectivity index (χ2v) is 16.0. The zero-order valence-corrected chi connectivity index (χ0v) is 36.8. The predicted octanol–water partition coefficient (Wildman–Crippen LogP) is 11.8. The molecule has 0 saturated carbocycles. The first-order chi connectivity index (χ1) is 28.3. The summed E-state index contributed by atoms with van der Waals surface area (Å²) in [6.07, 6.45) is 50.9. The molecule has 0 bridgehead atoms. The van der Waals surface area contributed by atoms with Crippen molar-refractivity contribution < 1.29 is 42.3 Å². The van der Waals surface area contributed by atoms with Gasteiger partial charge in [-0.1, -0.05) is 144 Å². The van der Waals surface area contributed by atoms with Gasteiger partial charge >= 0.3 is 19.8 Å². The molecule has 330 valence electrons. The molecule has 1 heterocycles. The smallest absolute Gasteiger partial charge is 0.462 e. The monoisotopic (exact) mass is 832 g/mol. The van der Waals surface area contributed by atoms with E-state index in [-0.39, 0.29) is 32.6 Å². The lowest BCUT2D eigenvalue weighted by Gasteiger charge is -2.19. The van der Waals surface area contributed by atoms with Crippen LogP contribution in [0, 0.1) is 0 Å². The van der Waals surface area contributed by atoms with Gasteiger partial charge in [0.25, 0.3) is 0 Å². The van der Waals surface area contributed by atoms with Crippen molar-refractivity contribution in [3.8, 4) is 0 Å². The van der Waals surface area contributed by atoms with Crippen LogP contribution >= 0.6 is 7.82 Å². The number of unbranched alkanes of at least 4 members (excludes halogenated alkanes) is 10. The molecule has 3 unspecified atom stereocenters. The molecule has 1 aliphatic heterocycles. The Morgan fingerprint density at radius 3 is 1.72 bits per heavy atom. The summed E-state index contributed by atoms with van der Waals surface area (Å²) in [4.78, 5) is 34.9. The molecule has 4 atom stereocenters. The maximum Gasteiger partial charge on any atom is 0.472 e. The van der Waals surface area contributed by atoms with Gasteiger partial charge < -0.3 is 24.8 Å². The summed E-state index contributed by atoms with van der Waals surface area (Å²) < 4.78 is 38.4. The number of allylic oxidation sites excluding steroid dienone is 12. The molecule has 1 rings (SSSR count). The quantitative estimate of drug-likeness (QED) is 0.0202. The molecule has 3 N–H and O–H groups in total. The van der Waals surface area contributed by atoms with Crippen LogP contribution in [0.2, 0.25) is 0 Å². The van der Waals surface area contributed by atoms with Crippen molar-refractivity contribution in [1.29, 1.82) is 0 Å². The molecule has 0 aromatic carbocycles. The van der Waals surface area contributed by atoms with Gasteiger partial charge in [-0.15, -0.1) is 0 Å². The highest BCUT2D eigenvalue weighted by Crippen LogP contribution is 2.43. The van der Waals surface area contributed by atoms with Crippen LogP contribution in [0.15, 0.2) is 85.1 Å². The largest absolute Gasteiger partial charge is 0.472 e. The fraction of sp³-hybridized carbons (Fsp3) is 0.660. The second-order valence-electron chi connectivity index (χ2n) is 14.6. The van der Waals surface area contributed by atoms with E-state index in [0.717, 1.165) is 70.6 Å². The van der Waals surface area contributed by atoms with Gasteiger partial charge in [0.1, 0.15) is 6.61 Å². The van der Waals surface area contributed by atoms with E-state index in [0.29, 0.717) is 25.0 Å². The Balaban J connectivity index is 2.23. The summed E-state index contributed by atoms with van der Waals surface area (Å²) >= 11 is 0. The number of hydrogen-bond donors (Lipinski definition) is 2. The lowest BCUT2D eigenvalue weighted by Crippen LogP contribution is -2.29. The van der Waals surface area contributed by atoms with Crippen molar-refractivity contribution in [2.75, 3.05) is 26.4 Å². The van der Waals surface area contributed by atoms with Crippen LogP contribution < -0.4 is 5.73 Å². The van der Waals surface area contributed by atoms with Gasteiger partial charge in [-0.05, 0) is 83.5 Å².